The Morgan fingerprint density at radius 1 is 1.14 bits per heavy atom. The second-order valence-electron chi connectivity index (χ2n) is 4.53. The summed E-state index contributed by atoms with van der Waals surface area (Å²) in [5, 5.41) is 0. The molecular formula is C18H17FO3. The fourth-order valence-electron chi connectivity index (χ4n) is 1.81. The lowest BCUT2D eigenvalue weighted by atomic mass is 10.2. The average Bonchev–Trinajstić information content (AvgIpc) is 2.53. The van der Waals surface area contributed by atoms with Crippen molar-refractivity contribution in [2.24, 2.45) is 0 Å². The zero-order valence-corrected chi connectivity index (χ0v) is 12.3. The van der Waals surface area contributed by atoms with E-state index in [1.165, 1.54) is 12.1 Å². The lowest BCUT2D eigenvalue weighted by Gasteiger charge is -2.07. The van der Waals surface area contributed by atoms with Gasteiger partial charge in [0.25, 0.3) is 0 Å². The van der Waals surface area contributed by atoms with Crippen LogP contribution in [0.4, 0.5) is 4.39 Å². The van der Waals surface area contributed by atoms with Crippen molar-refractivity contribution >= 4 is 12.0 Å². The highest BCUT2D eigenvalue weighted by molar-refractivity contribution is 5.87. The number of halogens is 1. The van der Waals surface area contributed by atoms with Gasteiger partial charge in [-0.25, -0.2) is 9.18 Å². The van der Waals surface area contributed by atoms with Gasteiger partial charge in [0.2, 0.25) is 0 Å². The molecule has 3 nitrogen and oxygen atoms in total. The maximum Gasteiger partial charge on any atom is 0.330 e. The molecule has 0 aromatic heterocycles. The Kier molecular flexibility index (Phi) is 5.72. The molecule has 0 unspecified atom stereocenters. The molecule has 0 radical (unpaired) electrons. The SMILES string of the molecule is CCOC(=O)/C=C/c1ccc(OCc2ccccc2F)cc1. The standard InChI is InChI=1S/C18H17FO3/c1-2-21-18(20)12-9-14-7-10-16(11-8-14)22-13-15-5-3-4-6-17(15)19/h3-12H,2,13H2,1H3/b12-9+. The highest BCUT2D eigenvalue weighted by Crippen LogP contribution is 2.16. The van der Waals surface area contributed by atoms with Gasteiger partial charge in [-0.1, -0.05) is 30.3 Å². The zero-order valence-electron chi connectivity index (χ0n) is 12.3. The molecule has 2 rings (SSSR count). The van der Waals surface area contributed by atoms with E-state index in [9.17, 15) is 9.18 Å². The van der Waals surface area contributed by atoms with Gasteiger partial charge in [-0.05, 0) is 36.8 Å². The van der Waals surface area contributed by atoms with E-state index in [0.717, 1.165) is 5.56 Å². The maximum atomic E-state index is 13.5. The normalized spacial score (nSPS) is 10.6. The smallest absolute Gasteiger partial charge is 0.330 e. The number of benzene rings is 2. The van der Waals surface area contributed by atoms with Crippen LogP contribution in [0.15, 0.2) is 54.6 Å². The molecule has 2 aromatic rings. The summed E-state index contributed by atoms with van der Waals surface area (Å²) in [6.45, 7) is 2.28. The van der Waals surface area contributed by atoms with Crippen molar-refractivity contribution < 1.29 is 18.7 Å². The molecule has 4 heteroatoms. The predicted octanol–water partition coefficient (Wildman–Crippen LogP) is 3.98. The lowest BCUT2D eigenvalue weighted by molar-refractivity contribution is -0.137. The third-order valence-electron chi connectivity index (χ3n) is 2.93. The molecule has 2 aromatic carbocycles. The van der Waals surface area contributed by atoms with Gasteiger partial charge in [-0.3, -0.25) is 0 Å². The van der Waals surface area contributed by atoms with Gasteiger partial charge < -0.3 is 9.47 Å². The van der Waals surface area contributed by atoms with Gasteiger partial charge in [0.1, 0.15) is 18.2 Å². The molecule has 0 bridgehead atoms. The van der Waals surface area contributed by atoms with E-state index < -0.39 is 0 Å². The van der Waals surface area contributed by atoms with Gasteiger partial charge in [0, 0.05) is 11.6 Å². The summed E-state index contributed by atoms with van der Waals surface area (Å²) in [5.41, 5.74) is 1.36. The Bertz CT molecular complexity index is 648. The molecule has 0 aliphatic heterocycles. The van der Waals surface area contributed by atoms with Crippen molar-refractivity contribution in [2.75, 3.05) is 6.61 Å². The molecule has 0 saturated carbocycles. The first-order valence-electron chi connectivity index (χ1n) is 7.00. The van der Waals surface area contributed by atoms with Crippen LogP contribution in [-0.4, -0.2) is 12.6 Å². The first kappa shape index (κ1) is 15.8. The Balaban J connectivity index is 1.92. The number of hydrogen-bond acceptors (Lipinski definition) is 3. The molecule has 0 N–H and O–H groups in total. The Morgan fingerprint density at radius 2 is 1.86 bits per heavy atom. The Hall–Kier alpha value is -2.62. The topological polar surface area (TPSA) is 35.5 Å². The molecule has 0 aliphatic rings. The first-order valence-corrected chi connectivity index (χ1v) is 7.00. The number of ether oxygens (including phenoxy) is 2. The van der Waals surface area contributed by atoms with E-state index in [-0.39, 0.29) is 18.4 Å². The fraction of sp³-hybridized carbons (Fsp3) is 0.167. The van der Waals surface area contributed by atoms with Crippen LogP contribution in [-0.2, 0) is 16.1 Å². The largest absolute Gasteiger partial charge is 0.489 e. The van der Waals surface area contributed by atoms with Gasteiger partial charge in [-0.15, -0.1) is 0 Å². The summed E-state index contributed by atoms with van der Waals surface area (Å²) < 4.78 is 23.8. The first-order chi connectivity index (χ1) is 10.7. The second-order valence-corrected chi connectivity index (χ2v) is 4.53. The van der Waals surface area contributed by atoms with Crippen LogP contribution in [0.3, 0.4) is 0 Å². The summed E-state index contributed by atoms with van der Waals surface area (Å²) in [5.74, 6) is -0.0181. The molecule has 0 fully saturated rings. The lowest BCUT2D eigenvalue weighted by Crippen LogP contribution is -1.99. The van der Waals surface area contributed by atoms with E-state index >= 15 is 0 Å². The van der Waals surface area contributed by atoms with E-state index in [4.69, 9.17) is 9.47 Å². The van der Waals surface area contributed by atoms with E-state index in [2.05, 4.69) is 0 Å². The third kappa shape index (κ3) is 4.74. The molecule has 0 saturated heterocycles. The van der Waals surface area contributed by atoms with Crippen molar-refractivity contribution in [3.05, 3.63) is 71.6 Å². The highest BCUT2D eigenvalue weighted by atomic mass is 19.1. The monoisotopic (exact) mass is 300 g/mol. The number of carbonyl (C=O) groups is 1. The van der Waals surface area contributed by atoms with E-state index in [1.807, 2.05) is 12.1 Å². The summed E-state index contributed by atoms with van der Waals surface area (Å²) in [7, 11) is 0. The number of rotatable bonds is 6. The maximum absolute atomic E-state index is 13.5. The van der Waals surface area contributed by atoms with Gasteiger partial charge in [-0.2, -0.15) is 0 Å². The van der Waals surface area contributed by atoms with Crippen LogP contribution in [0.2, 0.25) is 0 Å². The van der Waals surface area contributed by atoms with Gasteiger partial charge in [0.15, 0.2) is 0 Å². The van der Waals surface area contributed by atoms with Crippen LogP contribution in [0.1, 0.15) is 18.1 Å². The van der Waals surface area contributed by atoms with Crippen molar-refractivity contribution in [2.45, 2.75) is 13.5 Å². The van der Waals surface area contributed by atoms with Crippen LogP contribution >= 0.6 is 0 Å². The predicted molar refractivity (Wildman–Crippen MR) is 82.8 cm³/mol. The quantitative estimate of drug-likeness (QED) is 0.598. The summed E-state index contributed by atoms with van der Waals surface area (Å²) in [6.07, 6.45) is 3.04. The van der Waals surface area contributed by atoms with Crippen LogP contribution in [0, 0.1) is 5.82 Å². The molecule has 0 amide bonds. The molecule has 0 aliphatic carbocycles. The molecule has 0 spiro atoms. The Labute approximate surface area is 129 Å². The number of esters is 1. The van der Waals surface area contributed by atoms with Crippen molar-refractivity contribution in [1.82, 2.24) is 0 Å². The summed E-state index contributed by atoms with van der Waals surface area (Å²) >= 11 is 0. The minimum absolute atomic E-state index is 0.171. The molecule has 22 heavy (non-hydrogen) atoms. The van der Waals surface area contributed by atoms with Crippen molar-refractivity contribution in [3.63, 3.8) is 0 Å². The molecule has 0 atom stereocenters. The van der Waals surface area contributed by atoms with Crippen LogP contribution in [0.5, 0.6) is 5.75 Å². The van der Waals surface area contributed by atoms with Crippen LogP contribution < -0.4 is 4.74 Å². The van der Waals surface area contributed by atoms with E-state index in [1.54, 1.807) is 43.3 Å². The second kappa shape index (κ2) is 7.98. The highest BCUT2D eigenvalue weighted by Gasteiger charge is 2.01. The molecule has 0 heterocycles. The van der Waals surface area contributed by atoms with E-state index in [0.29, 0.717) is 17.9 Å². The van der Waals surface area contributed by atoms with Gasteiger partial charge >= 0.3 is 5.97 Å². The van der Waals surface area contributed by atoms with Crippen molar-refractivity contribution in [1.29, 1.82) is 0 Å². The third-order valence-corrected chi connectivity index (χ3v) is 2.93. The Morgan fingerprint density at radius 3 is 2.55 bits per heavy atom. The minimum Gasteiger partial charge on any atom is -0.489 e. The minimum atomic E-state index is -0.373. The van der Waals surface area contributed by atoms with Crippen LogP contribution in [0.25, 0.3) is 6.08 Å². The van der Waals surface area contributed by atoms with Crippen molar-refractivity contribution in [3.8, 4) is 5.75 Å². The molecular weight excluding hydrogens is 283 g/mol. The van der Waals surface area contributed by atoms with Gasteiger partial charge in [0.05, 0.1) is 6.61 Å². The summed E-state index contributed by atoms with van der Waals surface area (Å²) in [4.78, 5) is 11.2. The fourth-order valence-corrected chi connectivity index (χ4v) is 1.81. The number of hydrogen-bond donors (Lipinski definition) is 0. The number of carbonyl (C=O) groups excluding carboxylic acids is 1. The zero-order chi connectivity index (χ0) is 15.8. The molecule has 114 valence electrons. The average molecular weight is 300 g/mol. The summed E-state index contributed by atoms with van der Waals surface area (Å²) in [6, 6.07) is 13.7.